The van der Waals surface area contributed by atoms with E-state index in [0.29, 0.717) is 31.1 Å². The van der Waals surface area contributed by atoms with Gasteiger partial charge >= 0.3 is 5.97 Å². The van der Waals surface area contributed by atoms with E-state index in [0.717, 1.165) is 41.6 Å². The topological polar surface area (TPSA) is 103 Å². The summed E-state index contributed by atoms with van der Waals surface area (Å²) in [6, 6.07) is 17.0. The molecule has 3 N–H and O–H groups in total. The van der Waals surface area contributed by atoms with E-state index in [1.165, 1.54) is 42.5 Å². The number of methoxy groups -OCH3 is 1. The standard InChI is InChI=1S/C32H34FN3O4.CH3F/c1-35-29-14-13-25(18-26(29)20-34)22-9-11-24(12-10-22)32(39)36(31(38)23-6-4-3-5-7-23)28-17-21(16-27(33)19-28)8-15-30(37)40-2;1-2/h8-20,23,32,34-35,39H,3-7H2,1-2H3;1H3/b15-8+,34-20?;. The molecule has 4 rings (SSSR count). The highest BCUT2D eigenvalue weighted by Gasteiger charge is 2.32. The zero-order valence-electron chi connectivity index (χ0n) is 24.1. The molecule has 3 aromatic carbocycles. The fraction of sp³-hybridized carbons (Fsp3) is 0.303. The van der Waals surface area contributed by atoms with Gasteiger partial charge in [0, 0.05) is 42.1 Å². The largest absolute Gasteiger partial charge is 0.466 e. The van der Waals surface area contributed by atoms with E-state index in [-0.39, 0.29) is 17.5 Å². The van der Waals surface area contributed by atoms with Crippen molar-refractivity contribution < 1.29 is 28.2 Å². The first-order valence-corrected chi connectivity index (χ1v) is 13.7. The number of ether oxygens (including phenoxy) is 1. The quantitative estimate of drug-likeness (QED) is 0.111. The van der Waals surface area contributed by atoms with Crippen LogP contribution in [0, 0.1) is 17.1 Å². The molecule has 0 saturated heterocycles. The van der Waals surface area contributed by atoms with Crippen LogP contribution in [0.4, 0.5) is 20.2 Å². The monoisotopic (exact) mass is 577 g/mol. The highest BCUT2D eigenvalue weighted by atomic mass is 19.1. The van der Waals surface area contributed by atoms with E-state index in [4.69, 9.17) is 5.41 Å². The van der Waals surface area contributed by atoms with Crippen molar-refractivity contribution in [1.29, 1.82) is 5.41 Å². The average Bonchev–Trinajstić information content (AvgIpc) is 3.04. The smallest absolute Gasteiger partial charge is 0.330 e. The molecule has 1 fully saturated rings. The van der Waals surface area contributed by atoms with Crippen LogP contribution >= 0.6 is 0 Å². The number of rotatable bonds is 9. The molecule has 1 amide bonds. The first-order valence-electron chi connectivity index (χ1n) is 13.7. The molecule has 7 nitrogen and oxygen atoms in total. The fourth-order valence-electron chi connectivity index (χ4n) is 5.09. The lowest BCUT2D eigenvalue weighted by Crippen LogP contribution is -2.40. The third-order valence-corrected chi connectivity index (χ3v) is 7.25. The summed E-state index contributed by atoms with van der Waals surface area (Å²) < 4.78 is 28.9. The maximum Gasteiger partial charge on any atom is 0.330 e. The van der Waals surface area contributed by atoms with Crippen molar-refractivity contribution in [3.05, 3.63) is 89.2 Å². The Morgan fingerprint density at radius 2 is 1.69 bits per heavy atom. The highest BCUT2D eigenvalue weighted by molar-refractivity contribution is 5.96. The number of anilines is 2. The average molecular weight is 578 g/mol. The Labute approximate surface area is 245 Å². The number of halogens is 2. The van der Waals surface area contributed by atoms with Crippen LogP contribution in [0.25, 0.3) is 17.2 Å². The molecule has 9 heteroatoms. The number of amides is 1. The number of aliphatic hydroxyl groups is 1. The lowest BCUT2D eigenvalue weighted by atomic mass is 9.88. The van der Waals surface area contributed by atoms with Gasteiger partial charge in [-0.15, -0.1) is 0 Å². The maximum atomic E-state index is 14.7. The van der Waals surface area contributed by atoms with Crippen molar-refractivity contribution in [1.82, 2.24) is 0 Å². The van der Waals surface area contributed by atoms with Gasteiger partial charge in [0.1, 0.15) is 5.82 Å². The first-order chi connectivity index (χ1) is 20.3. The number of hydrogen-bond donors (Lipinski definition) is 3. The summed E-state index contributed by atoms with van der Waals surface area (Å²) in [6.07, 6.45) is 6.85. The van der Waals surface area contributed by atoms with E-state index in [1.807, 2.05) is 30.3 Å². The molecule has 1 unspecified atom stereocenters. The Morgan fingerprint density at radius 3 is 2.31 bits per heavy atom. The van der Waals surface area contributed by atoms with Crippen LogP contribution in [0.15, 0.2) is 66.7 Å². The van der Waals surface area contributed by atoms with Crippen molar-refractivity contribution >= 4 is 35.5 Å². The normalized spacial score (nSPS) is 14.0. The van der Waals surface area contributed by atoms with Gasteiger partial charge in [0.15, 0.2) is 6.23 Å². The predicted octanol–water partition coefficient (Wildman–Crippen LogP) is 6.91. The summed E-state index contributed by atoms with van der Waals surface area (Å²) in [4.78, 5) is 26.6. The Morgan fingerprint density at radius 1 is 1.02 bits per heavy atom. The molecular formula is C33H37F2N3O4. The Hall–Kier alpha value is -4.37. The van der Waals surface area contributed by atoms with Gasteiger partial charge in [-0.3, -0.25) is 14.1 Å². The van der Waals surface area contributed by atoms with E-state index in [2.05, 4.69) is 10.1 Å². The summed E-state index contributed by atoms with van der Waals surface area (Å²) in [5, 5.41) is 22.3. The second-order valence-electron chi connectivity index (χ2n) is 9.83. The molecule has 1 aliphatic rings. The minimum atomic E-state index is -1.36. The lowest BCUT2D eigenvalue weighted by Gasteiger charge is -2.33. The molecule has 1 atom stereocenters. The maximum absolute atomic E-state index is 14.7. The number of nitrogens with zero attached hydrogens (tertiary/aromatic N) is 1. The van der Waals surface area contributed by atoms with E-state index >= 15 is 0 Å². The van der Waals surface area contributed by atoms with Crippen molar-refractivity contribution in [2.45, 2.75) is 38.3 Å². The minimum Gasteiger partial charge on any atom is -0.466 e. The molecule has 3 aromatic rings. The van der Waals surface area contributed by atoms with Crippen LogP contribution in [0.5, 0.6) is 0 Å². The molecule has 42 heavy (non-hydrogen) atoms. The Balaban J connectivity index is 0.00000237. The van der Waals surface area contributed by atoms with Gasteiger partial charge < -0.3 is 20.6 Å². The summed E-state index contributed by atoms with van der Waals surface area (Å²) >= 11 is 0. The lowest BCUT2D eigenvalue weighted by molar-refractivity contribution is -0.134. The zero-order valence-corrected chi connectivity index (χ0v) is 24.1. The molecule has 0 bridgehead atoms. The van der Waals surface area contributed by atoms with Gasteiger partial charge in [0.25, 0.3) is 0 Å². The summed E-state index contributed by atoms with van der Waals surface area (Å²) in [7, 11) is 3.55. The van der Waals surface area contributed by atoms with Crippen LogP contribution in [0.3, 0.4) is 0 Å². The summed E-state index contributed by atoms with van der Waals surface area (Å²) in [5.41, 5.74) is 4.41. The Kier molecular flexibility index (Phi) is 11.9. The van der Waals surface area contributed by atoms with Crippen LogP contribution < -0.4 is 10.2 Å². The summed E-state index contributed by atoms with van der Waals surface area (Å²) in [5.74, 6) is -1.72. The SMILES string of the molecule is CF.CNc1ccc(-c2ccc(C(O)N(C(=O)C3CCCCC3)c3cc(F)cc(/C=C/C(=O)OC)c3)cc2)cc1C=N. The fourth-order valence-corrected chi connectivity index (χ4v) is 5.09. The van der Waals surface area contributed by atoms with Gasteiger partial charge in [-0.25, -0.2) is 9.18 Å². The van der Waals surface area contributed by atoms with Gasteiger partial charge in [-0.05, 0) is 65.9 Å². The summed E-state index contributed by atoms with van der Waals surface area (Å²) in [6.45, 7) is 0. The van der Waals surface area contributed by atoms with Crippen molar-refractivity contribution in [3.8, 4) is 11.1 Å². The third-order valence-electron chi connectivity index (χ3n) is 7.25. The second-order valence-corrected chi connectivity index (χ2v) is 9.83. The van der Waals surface area contributed by atoms with Crippen molar-refractivity contribution in [2.24, 2.45) is 5.92 Å². The van der Waals surface area contributed by atoms with Gasteiger partial charge in [-0.2, -0.15) is 0 Å². The number of carbonyl (C=O) groups is 2. The van der Waals surface area contributed by atoms with Crippen molar-refractivity contribution in [2.75, 3.05) is 31.6 Å². The number of aliphatic hydroxyl groups excluding tert-OH is 1. The van der Waals surface area contributed by atoms with Gasteiger partial charge in [0.05, 0.1) is 20.0 Å². The predicted molar refractivity (Wildman–Crippen MR) is 163 cm³/mol. The third kappa shape index (κ3) is 7.88. The highest BCUT2D eigenvalue weighted by Crippen LogP contribution is 2.34. The number of hydrogen-bond acceptors (Lipinski definition) is 6. The molecule has 0 aromatic heterocycles. The Bertz CT molecular complexity index is 1400. The molecule has 0 aliphatic heterocycles. The van der Waals surface area contributed by atoms with E-state index in [1.54, 1.807) is 25.2 Å². The van der Waals surface area contributed by atoms with Crippen LogP contribution in [-0.2, 0) is 14.3 Å². The molecule has 0 spiro atoms. The van der Waals surface area contributed by atoms with E-state index in [9.17, 15) is 23.5 Å². The van der Waals surface area contributed by atoms with Crippen molar-refractivity contribution in [3.63, 3.8) is 0 Å². The number of carbonyl (C=O) groups excluding carboxylic acids is 2. The van der Waals surface area contributed by atoms with E-state index < -0.39 is 18.0 Å². The number of alkyl halides is 1. The van der Waals surface area contributed by atoms with Gasteiger partial charge in [0.2, 0.25) is 5.91 Å². The second kappa shape index (κ2) is 15.6. The van der Waals surface area contributed by atoms with Crippen LogP contribution in [0.2, 0.25) is 0 Å². The van der Waals surface area contributed by atoms with Crippen LogP contribution in [0.1, 0.15) is 55.0 Å². The minimum absolute atomic E-state index is 0.204. The first kappa shape index (κ1) is 32.1. The molecule has 222 valence electrons. The molecular weight excluding hydrogens is 540 g/mol. The molecule has 0 radical (unpaired) electrons. The molecule has 0 heterocycles. The number of benzene rings is 3. The number of nitrogens with one attached hydrogen (secondary N) is 2. The molecule has 1 aliphatic carbocycles. The zero-order chi connectivity index (χ0) is 30.6. The van der Waals surface area contributed by atoms with Crippen LogP contribution in [-0.4, -0.2) is 44.5 Å². The number of esters is 1. The van der Waals surface area contributed by atoms with Gasteiger partial charge in [-0.1, -0.05) is 49.6 Å². The molecule has 1 saturated carbocycles.